The van der Waals surface area contributed by atoms with Crippen LogP contribution in [0.4, 0.5) is 0 Å². The molecule has 7 nitrogen and oxygen atoms in total. The predicted molar refractivity (Wildman–Crippen MR) is 109 cm³/mol. The van der Waals surface area contributed by atoms with E-state index in [4.69, 9.17) is 4.98 Å². The quantitative estimate of drug-likeness (QED) is 0.592. The Morgan fingerprint density at radius 2 is 1.89 bits per heavy atom. The molecule has 0 spiro atoms. The fourth-order valence-electron chi connectivity index (χ4n) is 3.73. The first-order chi connectivity index (χ1) is 13.3. The normalized spacial score (nSPS) is 12.6. The largest absolute Gasteiger partial charge is 0.289 e. The Labute approximate surface area is 163 Å². The highest BCUT2D eigenvalue weighted by atomic mass is 16.1. The molecule has 28 heavy (non-hydrogen) atoms. The number of hydrogen-bond donors (Lipinski definition) is 1. The molecule has 0 saturated heterocycles. The molecule has 1 aromatic carbocycles. The third kappa shape index (κ3) is 3.13. The van der Waals surface area contributed by atoms with E-state index in [0.717, 1.165) is 34.2 Å². The Balaban J connectivity index is 1.75. The molecule has 144 valence electrons. The first-order valence-electron chi connectivity index (χ1n) is 9.41. The maximum atomic E-state index is 12.7. The van der Waals surface area contributed by atoms with Gasteiger partial charge in [-0.1, -0.05) is 23.8 Å². The summed E-state index contributed by atoms with van der Waals surface area (Å²) in [5.41, 5.74) is 5.41. The topological polar surface area (TPSA) is 80.9 Å². The van der Waals surface area contributed by atoms with E-state index in [1.165, 1.54) is 10.1 Å². The van der Waals surface area contributed by atoms with E-state index in [0.29, 0.717) is 12.1 Å². The standard InChI is InChI=1S/C21H24N6O/c1-12-7-6-8-17(9-12)20-14(3)21-23-18(11-19(28)27(21)25-20)10-13(2)26-16(5)22-15(4)24-26/h6-9,11,13,25H,10H2,1-5H3/t13-/m0/s1. The Bertz CT molecular complexity index is 1230. The van der Waals surface area contributed by atoms with Gasteiger partial charge in [-0.3, -0.25) is 9.89 Å². The average molecular weight is 376 g/mol. The summed E-state index contributed by atoms with van der Waals surface area (Å²) in [4.78, 5) is 21.8. The minimum absolute atomic E-state index is 0.0611. The molecule has 0 unspecified atom stereocenters. The van der Waals surface area contributed by atoms with Crippen LogP contribution in [0.5, 0.6) is 0 Å². The molecule has 7 heteroatoms. The summed E-state index contributed by atoms with van der Waals surface area (Å²) in [6, 6.07) is 9.86. The van der Waals surface area contributed by atoms with Gasteiger partial charge in [0.25, 0.3) is 5.56 Å². The van der Waals surface area contributed by atoms with Crippen LogP contribution in [0.2, 0.25) is 0 Å². The molecule has 0 saturated carbocycles. The van der Waals surface area contributed by atoms with Crippen LogP contribution in [-0.2, 0) is 6.42 Å². The van der Waals surface area contributed by atoms with Gasteiger partial charge in [0, 0.05) is 23.6 Å². The van der Waals surface area contributed by atoms with Crippen molar-refractivity contribution in [3.63, 3.8) is 0 Å². The van der Waals surface area contributed by atoms with Crippen LogP contribution in [0.3, 0.4) is 0 Å². The summed E-state index contributed by atoms with van der Waals surface area (Å²) in [7, 11) is 0. The summed E-state index contributed by atoms with van der Waals surface area (Å²) in [6.07, 6.45) is 0.611. The number of fused-ring (bicyclic) bond motifs is 1. The first-order valence-corrected chi connectivity index (χ1v) is 9.41. The van der Waals surface area contributed by atoms with Crippen molar-refractivity contribution in [1.29, 1.82) is 0 Å². The Morgan fingerprint density at radius 1 is 1.11 bits per heavy atom. The molecule has 4 rings (SSSR count). The molecule has 0 aliphatic carbocycles. The van der Waals surface area contributed by atoms with Gasteiger partial charge in [0.1, 0.15) is 11.6 Å². The Morgan fingerprint density at radius 3 is 2.57 bits per heavy atom. The second-order valence-electron chi connectivity index (χ2n) is 7.43. The SMILES string of the molecule is Cc1cccc(-c2[nH]n3c(=O)cc(C[C@H](C)n4nc(C)nc4C)nc3c2C)c1. The molecule has 3 heterocycles. The monoisotopic (exact) mass is 376 g/mol. The number of aromatic nitrogens is 6. The second kappa shape index (κ2) is 6.74. The van der Waals surface area contributed by atoms with Crippen molar-refractivity contribution in [2.75, 3.05) is 0 Å². The van der Waals surface area contributed by atoms with Gasteiger partial charge in [-0.15, -0.1) is 0 Å². The molecular formula is C21H24N6O. The maximum Gasteiger partial charge on any atom is 0.272 e. The summed E-state index contributed by atoms with van der Waals surface area (Å²) in [5.74, 6) is 1.61. The lowest BCUT2D eigenvalue weighted by Gasteiger charge is -2.12. The lowest BCUT2D eigenvalue weighted by molar-refractivity contribution is 0.469. The average Bonchev–Trinajstić information content (AvgIpc) is 3.15. The number of hydrogen-bond acceptors (Lipinski definition) is 4. The highest BCUT2D eigenvalue weighted by molar-refractivity contribution is 5.70. The van der Waals surface area contributed by atoms with Crippen LogP contribution in [0.25, 0.3) is 16.9 Å². The van der Waals surface area contributed by atoms with Gasteiger partial charge >= 0.3 is 0 Å². The maximum absolute atomic E-state index is 12.7. The highest BCUT2D eigenvalue weighted by Crippen LogP contribution is 2.25. The first kappa shape index (κ1) is 18.2. The third-order valence-electron chi connectivity index (χ3n) is 5.04. The predicted octanol–water partition coefficient (Wildman–Crippen LogP) is 3.32. The van der Waals surface area contributed by atoms with E-state index in [9.17, 15) is 4.79 Å². The van der Waals surface area contributed by atoms with Crippen LogP contribution >= 0.6 is 0 Å². The lowest BCUT2D eigenvalue weighted by Crippen LogP contribution is -2.18. The van der Waals surface area contributed by atoms with Crippen molar-refractivity contribution in [3.05, 3.63) is 69.2 Å². The van der Waals surface area contributed by atoms with E-state index >= 15 is 0 Å². The number of nitrogens with zero attached hydrogens (tertiary/aromatic N) is 5. The van der Waals surface area contributed by atoms with E-state index in [-0.39, 0.29) is 11.6 Å². The van der Waals surface area contributed by atoms with Gasteiger partial charge in [0.15, 0.2) is 5.65 Å². The molecule has 3 aromatic heterocycles. The minimum Gasteiger partial charge on any atom is -0.289 e. The number of rotatable bonds is 4. The van der Waals surface area contributed by atoms with Crippen molar-refractivity contribution in [3.8, 4) is 11.3 Å². The number of benzene rings is 1. The fraction of sp³-hybridized carbons (Fsp3) is 0.333. The number of aromatic amines is 1. The minimum atomic E-state index is -0.110. The van der Waals surface area contributed by atoms with Gasteiger partial charge in [0.05, 0.1) is 17.4 Å². The number of aryl methyl sites for hydroxylation is 4. The molecule has 0 radical (unpaired) electrons. The highest BCUT2D eigenvalue weighted by Gasteiger charge is 2.16. The zero-order chi connectivity index (χ0) is 20.0. The Kier molecular flexibility index (Phi) is 4.37. The molecule has 0 fully saturated rings. The van der Waals surface area contributed by atoms with Gasteiger partial charge in [-0.2, -0.15) is 5.10 Å². The summed E-state index contributed by atoms with van der Waals surface area (Å²) in [6.45, 7) is 9.93. The van der Waals surface area contributed by atoms with E-state index < -0.39 is 0 Å². The number of nitrogens with one attached hydrogen (secondary N) is 1. The van der Waals surface area contributed by atoms with Gasteiger partial charge in [-0.05, 0) is 40.7 Å². The molecule has 0 bridgehead atoms. The molecule has 1 N–H and O–H groups in total. The van der Waals surface area contributed by atoms with Crippen molar-refractivity contribution < 1.29 is 0 Å². The van der Waals surface area contributed by atoms with E-state index in [2.05, 4.69) is 41.2 Å². The fourth-order valence-corrected chi connectivity index (χ4v) is 3.73. The molecular weight excluding hydrogens is 352 g/mol. The van der Waals surface area contributed by atoms with Crippen LogP contribution < -0.4 is 5.56 Å². The molecule has 0 aliphatic heterocycles. The molecule has 4 aromatic rings. The van der Waals surface area contributed by atoms with Crippen LogP contribution in [0, 0.1) is 27.7 Å². The molecule has 0 aliphatic rings. The molecule has 1 atom stereocenters. The summed E-state index contributed by atoms with van der Waals surface area (Å²) in [5, 5.41) is 7.66. The second-order valence-corrected chi connectivity index (χ2v) is 7.43. The zero-order valence-corrected chi connectivity index (χ0v) is 16.8. The van der Waals surface area contributed by atoms with Crippen molar-refractivity contribution in [1.82, 2.24) is 29.4 Å². The van der Waals surface area contributed by atoms with Gasteiger partial charge < -0.3 is 0 Å². The van der Waals surface area contributed by atoms with Gasteiger partial charge in [0.2, 0.25) is 0 Å². The van der Waals surface area contributed by atoms with Gasteiger partial charge in [-0.25, -0.2) is 19.2 Å². The molecule has 0 amide bonds. The smallest absolute Gasteiger partial charge is 0.272 e. The zero-order valence-electron chi connectivity index (χ0n) is 16.8. The van der Waals surface area contributed by atoms with Crippen LogP contribution in [0.1, 0.15) is 41.4 Å². The summed E-state index contributed by atoms with van der Waals surface area (Å²) >= 11 is 0. The van der Waals surface area contributed by atoms with Crippen molar-refractivity contribution in [2.24, 2.45) is 0 Å². The van der Waals surface area contributed by atoms with E-state index in [1.807, 2.05) is 37.6 Å². The summed E-state index contributed by atoms with van der Waals surface area (Å²) < 4.78 is 3.41. The third-order valence-corrected chi connectivity index (χ3v) is 5.04. The van der Waals surface area contributed by atoms with Crippen LogP contribution in [-0.4, -0.2) is 29.4 Å². The van der Waals surface area contributed by atoms with Crippen molar-refractivity contribution in [2.45, 2.75) is 47.1 Å². The van der Waals surface area contributed by atoms with Crippen LogP contribution in [0.15, 0.2) is 35.1 Å². The number of H-pyrrole nitrogens is 1. The lowest BCUT2D eigenvalue weighted by atomic mass is 10.1. The van der Waals surface area contributed by atoms with E-state index in [1.54, 1.807) is 6.07 Å². The van der Waals surface area contributed by atoms with Crippen molar-refractivity contribution >= 4 is 5.65 Å². The Hall–Kier alpha value is -3.22.